The molecule has 1 aliphatic carbocycles. The van der Waals surface area contributed by atoms with Crippen LogP contribution in [0.4, 0.5) is 0 Å². The summed E-state index contributed by atoms with van der Waals surface area (Å²) in [4.78, 5) is 18.3. The summed E-state index contributed by atoms with van der Waals surface area (Å²) >= 11 is 0. The fourth-order valence-corrected chi connectivity index (χ4v) is 2.65. The number of amides is 1. The van der Waals surface area contributed by atoms with Gasteiger partial charge in [-0.2, -0.15) is 0 Å². The molecule has 2 atom stereocenters. The Morgan fingerprint density at radius 1 is 1.05 bits per heavy atom. The van der Waals surface area contributed by atoms with E-state index in [9.17, 15) is 4.79 Å². The molecule has 1 aliphatic rings. The van der Waals surface area contributed by atoms with Crippen LogP contribution in [0.15, 0.2) is 12.2 Å². The van der Waals surface area contributed by atoms with Gasteiger partial charge in [0, 0.05) is 33.2 Å². The summed E-state index contributed by atoms with van der Waals surface area (Å²) in [5, 5.41) is 0. The zero-order chi connectivity index (χ0) is 15.7. The lowest BCUT2D eigenvalue weighted by Gasteiger charge is -2.33. The van der Waals surface area contributed by atoms with Gasteiger partial charge in [-0.05, 0) is 39.9 Å². The van der Waals surface area contributed by atoms with E-state index in [0.29, 0.717) is 5.92 Å². The van der Waals surface area contributed by atoms with Crippen LogP contribution in [0.3, 0.4) is 0 Å². The molecule has 0 spiro atoms. The van der Waals surface area contributed by atoms with E-state index in [1.54, 1.807) is 4.90 Å². The predicted molar refractivity (Wildman–Crippen MR) is 86.6 cm³/mol. The highest BCUT2D eigenvalue weighted by atomic mass is 16.2. The van der Waals surface area contributed by atoms with Crippen LogP contribution in [0.25, 0.3) is 0 Å². The van der Waals surface area contributed by atoms with E-state index in [2.05, 4.69) is 43.1 Å². The molecule has 2 unspecified atom stereocenters. The smallest absolute Gasteiger partial charge is 0.225 e. The second-order valence-corrected chi connectivity index (χ2v) is 5.80. The first-order valence-electron chi connectivity index (χ1n) is 7.61. The molecule has 0 heterocycles. The first kappa shape index (κ1) is 19.1. The van der Waals surface area contributed by atoms with Gasteiger partial charge in [0.2, 0.25) is 5.91 Å². The van der Waals surface area contributed by atoms with Crippen LogP contribution in [0.5, 0.6) is 0 Å². The SMILES string of the molecule is CC.CN(C)CN(C)CC1CC=CCC1C(=O)N(C)C. The highest BCUT2D eigenvalue weighted by Gasteiger charge is 2.30. The molecular formula is C16H33N3O. The van der Waals surface area contributed by atoms with Crippen molar-refractivity contribution in [3.63, 3.8) is 0 Å². The van der Waals surface area contributed by atoms with E-state index < -0.39 is 0 Å². The predicted octanol–water partition coefficient (Wildman–Crippen LogP) is 2.13. The fraction of sp³-hybridized carbons (Fsp3) is 0.812. The number of carbonyl (C=O) groups excluding carboxylic acids is 1. The van der Waals surface area contributed by atoms with Crippen LogP contribution in [-0.2, 0) is 4.79 Å². The van der Waals surface area contributed by atoms with Crippen molar-refractivity contribution >= 4 is 5.91 Å². The molecular weight excluding hydrogens is 250 g/mol. The standard InChI is InChI=1S/C14H27N3O.C2H6/c1-15(2)11-17(5)10-12-8-6-7-9-13(12)14(18)16(3)4;1-2/h6-7,12-13H,8-11H2,1-5H3;1-2H3. The average molecular weight is 283 g/mol. The molecule has 0 fully saturated rings. The number of nitrogens with zero attached hydrogens (tertiary/aromatic N) is 3. The maximum atomic E-state index is 12.2. The molecule has 0 saturated carbocycles. The summed E-state index contributed by atoms with van der Waals surface area (Å²) in [6, 6.07) is 0. The molecule has 0 bridgehead atoms. The maximum absolute atomic E-state index is 12.2. The molecule has 4 heteroatoms. The van der Waals surface area contributed by atoms with E-state index in [-0.39, 0.29) is 11.8 Å². The zero-order valence-corrected chi connectivity index (χ0v) is 14.4. The summed E-state index contributed by atoms with van der Waals surface area (Å²) in [5.74, 6) is 0.854. The van der Waals surface area contributed by atoms with Gasteiger partial charge < -0.3 is 4.90 Å². The van der Waals surface area contributed by atoms with E-state index in [4.69, 9.17) is 0 Å². The largest absolute Gasteiger partial charge is 0.349 e. The number of allylic oxidation sites excluding steroid dienone is 2. The van der Waals surface area contributed by atoms with Crippen LogP contribution < -0.4 is 0 Å². The van der Waals surface area contributed by atoms with Crippen molar-refractivity contribution in [1.29, 1.82) is 0 Å². The van der Waals surface area contributed by atoms with Crippen LogP contribution in [0.2, 0.25) is 0 Å². The van der Waals surface area contributed by atoms with Crippen LogP contribution in [0.1, 0.15) is 26.7 Å². The summed E-state index contributed by atoms with van der Waals surface area (Å²) in [6.07, 6.45) is 6.27. The van der Waals surface area contributed by atoms with Crippen LogP contribution in [-0.4, -0.2) is 69.1 Å². The first-order chi connectivity index (χ1) is 9.41. The lowest BCUT2D eigenvalue weighted by atomic mass is 9.82. The second kappa shape index (κ2) is 9.94. The molecule has 0 aromatic carbocycles. The molecule has 0 radical (unpaired) electrons. The molecule has 0 aromatic heterocycles. The van der Waals surface area contributed by atoms with Gasteiger partial charge in [0.05, 0.1) is 0 Å². The van der Waals surface area contributed by atoms with Crippen molar-refractivity contribution in [2.45, 2.75) is 26.7 Å². The minimum Gasteiger partial charge on any atom is -0.349 e. The van der Waals surface area contributed by atoms with Crippen molar-refractivity contribution in [2.75, 3.05) is 48.5 Å². The minimum atomic E-state index is 0.148. The molecule has 4 nitrogen and oxygen atoms in total. The van der Waals surface area contributed by atoms with E-state index in [1.165, 1.54) is 0 Å². The Balaban J connectivity index is 0.00000172. The first-order valence-corrected chi connectivity index (χ1v) is 7.61. The molecule has 0 N–H and O–H groups in total. The number of hydrogen-bond donors (Lipinski definition) is 0. The maximum Gasteiger partial charge on any atom is 0.225 e. The Hall–Kier alpha value is -0.870. The monoisotopic (exact) mass is 283 g/mol. The Morgan fingerprint density at radius 3 is 2.10 bits per heavy atom. The van der Waals surface area contributed by atoms with E-state index >= 15 is 0 Å². The molecule has 1 amide bonds. The van der Waals surface area contributed by atoms with Crippen molar-refractivity contribution in [1.82, 2.24) is 14.7 Å². The lowest BCUT2D eigenvalue weighted by molar-refractivity contribution is -0.135. The van der Waals surface area contributed by atoms with Gasteiger partial charge in [-0.25, -0.2) is 0 Å². The third kappa shape index (κ3) is 6.53. The third-order valence-electron chi connectivity index (χ3n) is 3.39. The van der Waals surface area contributed by atoms with Gasteiger partial charge >= 0.3 is 0 Å². The van der Waals surface area contributed by atoms with Gasteiger partial charge in [-0.3, -0.25) is 14.6 Å². The highest BCUT2D eigenvalue weighted by Crippen LogP contribution is 2.27. The fourth-order valence-electron chi connectivity index (χ4n) is 2.65. The Labute approximate surface area is 125 Å². The van der Waals surface area contributed by atoms with Gasteiger partial charge in [0.15, 0.2) is 0 Å². The minimum absolute atomic E-state index is 0.148. The van der Waals surface area contributed by atoms with Gasteiger partial charge in [0.25, 0.3) is 0 Å². The average Bonchev–Trinajstić information content (AvgIpc) is 2.39. The Bertz CT molecular complexity index is 300. The molecule has 0 aromatic rings. The Morgan fingerprint density at radius 2 is 1.60 bits per heavy atom. The lowest BCUT2D eigenvalue weighted by Crippen LogP contribution is -2.41. The van der Waals surface area contributed by atoms with Gasteiger partial charge in [-0.15, -0.1) is 0 Å². The van der Waals surface area contributed by atoms with Crippen LogP contribution >= 0.6 is 0 Å². The van der Waals surface area contributed by atoms with Crippen LogP contribution in [0, 0.1) is 11.8 Å². The normalized spacial score (nSPS) is 21.6. The quantitative estimate of drug-likeness (QED) is 0.571. The molecule has 118 valence electrons. The number of carbonyl (C=O) groups is 1. The van der Waals surface area contributed by atoms with E-state index in [0.717, 1.165) is 26.1 Å². The Kier molecular flexibility index (Phi) is 9.51. The highest BCUT2D eigenvalue weighted by molar-refractivity contribution is 5.79. The molecule has 1 rings (SSSR count). The molecule has 0 aliphatic heterocycles. The summed E-state index contributed by atoms with van der Waals surface area (Å²) < 4.78 is 0. The topological polar surface area (TPSA) is 26.8 Å². The number of rotatable bonds is 5. The van der Waals surface area contributed by atoms with Gasteiger partial charge in [-0.1, -0.05) is 26.0 Å². The zero-order valence-electron chi connectivity index (χ0n) is 14.4. The third-order valence-corrected chi connectivity index (χ3v) is 3.39. The van der Waals surface area contributed by atoms with Crippen molar-refractivity contribution in [2.24, 2.45) is 11.8 Å². The van der Waals surface area contributed by atoms with Crippen molar-refractivity contribution < 1.29 is 4.79 Å². The number of hydrogen-bond acceptors (Lipinski definition) is 3. The summed E-state index contributed by atoms with van der Waals surface area (Å²) in [6.45, 7) is 5.91. The molecule has 20 heavy (non-hydrogen) atoms. The molecule has 0 saturated heterocycles. The van der Waals surface area contributed by atoms with Crippen molar-refractivity contribution in [3.8, 4) is 0 Å². The summed E-state index contributed by atoms with van der Waals surface area (Å²) in [5.41, 5.74) is 0. The van der Waals surface area contributed by atoms with Crippen molar-refractivity contribution in [3.05, 3.63) is 12.2 Å². The van der Waals surface area contributed by atoms with E-state index in [1.807, 2.05) is 27.9 Å². The van der Waals surface area contributed by atoms with Gasteiger partial charge in [0.1, 0.15) is 0 Å². The summed E-state index contributed by atoms with van der Waals surface area (Å²) in [7, 11) is 9.96. The second-order valence-electron chi connectivity index (χ2n) is 5.80.